The van der Waals surface area contributed by atoms with Crippen LogP contribution < -0.4 is 10.9 Å². The lowest BCUT2D eigenvalue weighted by Gasteiger charge is -2.29. The van der Waals surface area contributed by atoms with Gasteiger partial charge in [0.2, 0.25) is 0 Å². The fourth-order valence-electron chi connectivity index (χ4n) is 4.38. The van der Waals surface area contributed by atoms with Crippen LogP contribution in [0.25, 0.3) is 0 Å². The van der Waals surface area contributed by atoms with E-state index in [1.165, 1.54) is 37.8 Å². The Balaban J connectivity index is 1.73. The van der Waals surface area contributed by atoms with Crippen molar-refractivity contribution >= 4 is 17.6 Å². The molecule has 0 spiro atoms. The molecule has 4 nitrogen and oxygen atoms in total. The minimum absolute atomic E-state index is 0.303. The summed E-state index contributed by atoms with van der Waals surface area (Å²) < 4.78 is 13.2. The van der Waals surface area contributed by atoms with E-state index < -0.39 is 6.17 Å². The van der Waals surface area contributed by atoms with Crippen LogP contribution in [-0.4, -0.2) is 42.1 Å². The molecule has 0 aromatic heterocycles. The summed E-state index contributed by atoms with van der Waals surface area (Å²) in [6.07, 6.45) is 12.8. The van der Waals surface area contributed by atoms with Crippen molar-refractivity contribution in [1.29, 1.82) is 0 Å². The lowest BCUT2D eigenvalue weighted by molar-refractivity contribution is 0.308. The van der Waals surface area contributed by atoms with E-state index in [9.17, 15) is 4.39 Å². The molecule has 2 N–H and O–H groups in total. The first kappa shape index (κ1) is 24.0. The predicted molar refractivity (Wildman–Crippen MR) is 133 cm³/mol. The smallest absolute Gasteiger partial charge is 0.141 e. The van der Waals surface area contributed by atoms with Crippen molar-refractivity contribution in [3.63, 3.8) is 0 Å². The van der Waals surface area contributed by atoms with Crippen LogP contribution in [0.4, 0.5) is 4.39 Å². The van der Waals surface area contributed by atoms with Crippen molar-refractivity contribution in [2.75, 3.05) is 13.1 Å². The van der Waals surface area contributed by atoms with Crippen molar-refractivity contribution in [1.82, 2.24) is 15.8 Å². The highest BCUT2D eigenvalue weighted by atomic mass is 32.2. The van der Waals surface area contributed by atoms with E-state index in [-0.39, 0.29) is 0 Å². The van der Waals surface area contributed by atoms with E-state index in [1.54, 1.807) is 18.7 Å². The molecular formula is C25H37FN4S. The molecule has 3 aliphatic rings. The second-order valence-corrected chi connectivity index (χ2v) is 9.66. The van der Waals surface area contributed by atoms with E-state index in [2.05, 4.69) is 28.9 Å². The standard InChI is InChI=1S/C25H37FN4S/c1-5-14-31-20(4)25-27-16-23(18(2)10-9-11-19(3)26)24-15-22(17-30(24)25)29-28-21-12-7-6-8-13-21/h5,9-10,14,19,21-22,28-29H,2,4,6-8,11-13,15-17H2,1,3H3/b10-9-,14-5-. The first-order valence-electron chi connectivity index (χ1n) is 11.5. The van der Waals surface area contributed by atoms with Crippen LogP contribution >= 0.6 is 11.8 Å². The molecule has 0 bridgehead atoms. The van der Waals surface area contributed by atoms with Crippen LogP contribution in [0.3, 0.4) is 0 Å². The Morgan fingerprint density at radius 2 is 2.00 bits per heavy atom. The average molecular weight is 445 g/mol. The second-order valence-electron chi connectivity index (χ2n) is 8.65. The Bertz CT molecular complexity index is 774. The summed E-state index contributed by atoms with van der Waals surface area (Å²) in [5.41, 5.74) is 10.5. The number of hydrazine groups is 1. The normalized spacial score (nSPS) is 23.5. The minimum Gasteiger partial charge on any atom is -0.327 e. The van der Waals surface area contributed by atoms with E-state index in [0.29, 0.717) is 25.0 Å². The van der Waals surface area contributed by atoms with Gasteiger partial charge in [0.15, 0.2) is 0 Å². The van der Waals surface area contributed by atoms with Crippen LogP contribution in [0.15, 0.2) is 63.5 Å². The molecule has 0 aromatic carbocycles. The predicted octanol–water partition coefficient (Wildman–Crippen LogP) is 5.79. The largest absolute Gasteiger partial charge is 0.327 e. The van der Waals surface area contributed by atoms with E-state index in [1.807, 2.05) is 30.6 Å². The lowest BCUT2D eigenvalue weighted by Crippen LogP contribution is -2.48. The Morgan fingerprint density at radius 1 is 1.26 bits per heavy atom. The summed E-state index contributed by atoms with van der Waals surface area (Å²) in [5, 5.41) is 2.04. The number of rotatable bonds is 10. The molecule has 0 aromatic rings. The van der Waals surface area contributed by atoms with Gasteiger partial charge in [0.1, 0.15) is 12.0 Å². The zero-order valence-electron chi connectivity index (χ0n) is 19.0. The molecule has 0 radical (unpaired) electrons. The zero-order valence-corrected chi connectivity index (χ0v) is 19.8. The average Bonchev–Trinajstić information content (AvgIpc) is 3.19. The number of aliphatic imine (C=N–C) groups is 1. The molecule has 170 valence electrons. The van der Waals surface area contributed by atoms with Crippen molar-refractivity contribution in [3.8, 4) is 0 Å². The molecular weight excluding hydrogens is 407 g/mol. The fraction of sp³-hybridized carbons (Fsp3) is 0.560. The van der Waals surface area contributed by atoms with Crippen LogP contribution in [0.2, 0.25) is 0 Å². The number of halogens is 1. The number of nitrogens with zero attached hydrogens (tertiary/aromatic N) is 2. The van der Waals surface area contributed by atoms with Gasteiger partial charge in [-0.15, -0.1) is 0 Å². The number of hydrogen-bond donors (Lipinski definition) is 2. The maximum Gasteiger partial charge on any atom is 0.141 e. The summed E-state index contributed by atoms with van der Waals surface area (Å²) in [5.74, 6) is 0.956. The van der Waals surface area contributed by atoms with Crippen LogP contribution in [0.5, 0.6) is 0 Å². The molecule has 31 heavy (non-hydrogen) atoms. The van der Waals surface area contributed by atoms with Gasteiger partial charge in [-0.25, -0.2) is 4.39 Å². The lowest BCUT2D eigenvalue weighted by atomic mass is 9.96. The zero-order chi connectivity index (χ0) is 22.2. The quantitative estimate of drug-likeness (QED) is 0.330. The van der Waals surface area contributed by atoms with Gasteiger partial charge in [-0.05, 0) is 49.7 Å². The molecule has 0 amide bonds. The van der Waals surface area contributed by atoms with Gasteiger partial charge in [0, 0.05) is 35.7 Å². The third kappa shape index (κ3) is 6.67. The van der Waals surface area contributed by atoms with Gasteiger partial charge < -0.3 is 4.90 Å². The monoisotopic (exact) mass is 444 g/mol. The number of nitrogens with one attached hydrogen (secondary N) is 2. The first-order chi connectivity index (χ1) is 15.0. The van der Waals surface area contributed by atoms with E-state index >= 15 is 0 Å². The topological polar surface area (TPSA) is 39.7 Å². The summed E-state index contributed by atoms with van der Waals surface area (Å²) in [4.78, 5) is 8.13. The SMILES string of the molecule is C=C(/C=C\CC(C)F)C1=C2CC(NNC3CCCCC3)CN2C(C(=C)S/C=C\C)=NC1. The number of allylic oxidation sites excluding steroid dienone is 3. The molecule has 1 aliphatic carbocycles. The highest BCUT2D eigenvalue weighted by molar-refractivity contribution is 8.06. The van der Waals surface area contributed by atoms with Gasteiger partial charge in [-0.2, -0.15) is 0 Å². The first-order valence-corrected chi connectivity index (χ1v) is 12.4. The molecule has 6 heteroatoms. The van der Waals surface area contributed by atoms with Crippen LogP contribution in [-0.2, 0) is 0 Å². The van der Waals surface area contributed by atoms with Crippen molar-refractivity contribution < 1.29 is 4.39 Å². The minimum atomic E-state index is -0.841. The maximum atomic E-state index is 13.2. The summed E-state index contributed by atoms with van der Waals surface area (Å²) in [7, 11) is 0. The number of alkyl halides is 1. The molecule has 2 unspecified atom stereocenters. The highest BCUT2D eigenvalue weighted by Gasteiger charge is 2.35. The summed E-state index contributed by atoms with van der Waals surface area (Å²) >= 11 is 1.61. The summed E-state index contributed by atoms with van der Waals surface area (Å²) in [6.45, 7) is 13.6. The van der Waals surface area contributed by atoms with Gasteiger partial charge in [-0.1, -0.05) is 62.4 Å². The third-order valence-electron chi connectivity index (χ3n) is 6.02. The summed E-state index contributed by atoms with van der Waals surface area (Å²) in [6, 6.07) is 0.867. The van der Waals surface area contributed by atoms with Crippen LogP contribution in [0, 0.1) is 0 Å². The molecule has 1 saturated heterocycles. The fourth-order valence-corrected chi connectivity index (χ4v) is 4.96. The van der Waals surface area contributed by atoms with Crippen molar-refractivity contribution in [2.45, 2.75) is 77.0 Å². The molecule has 1 saturated carbocycles. The number of hydrogen-bond acceptors (Lipinski definition) is 5. The molecule has 2 atom stereocenters. The Kier molecular flexibility index (Phi) is 9.17. The second kappa shape index (κ2) is 11.8. The van der Waals surface area contributed by atoms with Gasteiger partial charge in [0.05, 0.1) is 6.54 Å². The molecule has 3 rings (SSSR count). The Morgan fingerprint density at radius 3 is 2.71 bits per heavy atom. The highest BCUT2D eigenvalue weighted by Crippen LogP contribution is 2.35. The molecule has 2 aliphatic heterocycles. The van der Waals surface area contributed by atoms with Crippen molar-refractivity contribution in [3.05, 3.63) is 58.5 Å². The van der Waals surface area contributed by atoms with Crippen LogP contribution in [0.1, 0.15) is 58.8 Å². The molecule has 2 fully saturated rings. The molecule has 2 heterocycles. The number of thioether (sulfide) groups is 1. The van der Waals surface area contributed by atoms with E-state index in [4.69, 9.17) is 4.99 Å². The van der Waals surface area contributed by atoms with Gasteiger partial charge >= 0.3 is 0 Å². The Labute approximate surface area is 191 Å². The van der Waals surface area contributed by atoms with Gasteiger partial charge in [0.25, 0.3) is 0 Å². The van der Waals surface area contributed by atoms with Crippen molar-refractivity contribution in [2.24, 2.45) is 4.99 Å². The maximum absolute atomic E-state index is 13.2. The Hall–Kier alpha value is -1.63. The van der Waals surface area contributed by atoms with Gasteiger partial charge in [-0.3, -0.25) is 15.8 Å². The number of fused-ring (bicyclic) bond motifs is 1. The van der Waals surface area contributed by atoms with E-state index in [0.717, 1.165) is 34.9 Å². The number of amidine groups is 1. The third-order valence-corrected chi connectivity index (χ3v) is 6.89.